The van der Waals surface area contributed by atoms with Crippen molar-refractivity contribution in [2.45, 2.75) is 57.9 Å². The van der Waals surface area contributed by atoms with Gasteiger partial charge < -0.3 is 10.1 Å². The average Bonchev–Trinajstić information content (AvgIpc) is 3.17. The maximum atomic E-state index is 11.0. The molecule has 0 saturated carbocycles. The lowest BCUT2D eigenvalue weighted by Gasteiger charge is -2.31. The highest BCUT2D eigenvalue weighted by molar-refractivity contribution is 5.77. The number of phenolic OH excluding ortho intramolecular Hbond substituents is 1. The normalized spacial score (nSPS) is 20.4. The molecule has 2 heterocycles. The Balaban J connectivity index is 2.33. The van der Waals surface area contributed by atoms with Gasteiger partial charge >= 0.3 is 0 Å². The van der Waals surface area contributed by atoms with Gasteiger partial charge in [-0.05, 0) is 51.8 Å². The number of aliphatic imine (C=N–C) groups is 1. The van der Waals surface area contributed by atoms with Gasteiger partial charge in [0.15, 0.2) is 5.54 Å². The van der Waals surface area contributed by atoms with Crippen LogP contribution in [0, 0.1) is 0 Å². The van der Waals surface area contributed by atoms with Crippen molar-refractivity contribution in [1.29, 1.82) is 0 Å². The zero-order valence-electron chi connectivity index (χ0n) is 15.9. The van der Waals surface area contributed by atoms with Gasteiger partial charge in [0, 0.05) is 18.6 Å². The van der Waals surface area contributed by atoms with Crippen LogP contribution in [0.2, 0.25) is 0 Å². The molecule has 1 aliphatic heterocycles. The van der Waals surface area contributed by atoms with Crippen LogP contribution in [0.25, 0.3) is 0 Å². The number of benzene rings is 1. The van der Waals surface area contributed by atoms with E-state index < -0.39 is 5.54 Å². The fourth-order valence-corrected chi connectivity index (χ4v) is 3.31. The first-order valence-corrected chi connectivity index (χ1v) is 8.67. The van der Waals surface area contributed by atoms with Crippen LogP contribution in [0.5, 0.6) is 5.75 Å². The Labute approximate surface area is 149 Å². The van der Waals surface area contributed by atoms with E-state index in [-0.39, 0.29) is 10.8 Å². The van der Waals surface area contributed by atoms with E-state index in [1.807, 2.05) is 18.5 Å². The number of phenols is 1. The average molecular weight is 337 g/mol. The second-order valence-electron chi connectivity index (χ2n) is 8.76. The number of aromatic amines is 1. The molecule has 0 saturated heterocycles. The molecule has 2 N–H and O–H groups in total. The highest BCUT2D eigenvalue weighted by atomic mass is 16.3. The fourth-order valence-electron chi connectivity index (χ4n) is 3.31. The van der Waals surface area contributed by atoms with Gasteiger partial charge in [-0.1, -0.05) is 41.5 Å². The molecule has 0 aliphatic carbocycles. The molecular weight excluding hydrogens is 310 g/mol. The number of imidazole rings is 1. The Kier molecular flexibility index (Phi) is 3.90. The molecule has 1 atom stereocenters. The first-order chi connectivity index (χ1) is 11.6. The van der Waals surface area contributed by atoms with E-state index >= 15 is 0 Å². The monoisotopic (exact) mass is 337 g/mol. The van der Waals surface area contributed by atoms with Crippen LogP contribution in [0.3, 0.4) is 0 Å². The zero-order chi connectivity index (χ0) is 18.5. The summed E-state index contributed by atoms with van der Waals surface area (Å²) in [6, 6.07) is 4.14. The lowest BCUT2D eigenvalue weighted by atomic mass is 9.75. The minimum Gasteiger partial charge on any atom is -0.507 e. The Morgan fingerprint density at radius 2 is 1.60 bits per heavy atom. The largest absolute Gasteiger partial charge is 0.507 e. The number of hydrogen-bond acceptors (Lipinski definition) is 3. The fraction of sp³-hybridized carbons (Fsp3) is 0.429. The maximum absolute atomic E-state index is 11.0. The summed E-state index contributed by atoms with van der Waals surface area (Å²) in [7, 11) is 0. The minimum atomic E-state index is -0.669. The molecule has 0 spiro atoms. The molecule has 132 valence electrons. The highest BCUT2D eigenvalue weighted by Crippen LogP contribution is 2.44. The lowest BCUT2D eigenvalue weighted by Crippen LogP contribution is -2.26. The van der Waals surface area contributed by atoms with Gasteiger partial charge in [0.05, 0.1) is 0 Å². The van der Waals surface area contributed by atoms with Crippen LogP contribution in [0.15, 0.2) is 41.7 Å². The van der Waals surface area contributed by atoms with Crippen LogP contribution in [0.4, 0.5) is 0 Å². The quantitative estimate of drug-likeness (QED) is 0.841. The predicted molar refractivity (Wildman–Crippen MR) is 103 cm³/mol. The van der Waals surface area contributed by atoms with E-state index in [2.05, 4.69) is 69.7 Å². The van der Waals surface area contributed by atoms with Crippen molar-refractivity contribution in [3.8, 4) is 5.75 Å². The number of H-pyrrole nitrogens is 1. The summed E-state index contributed by atoms with van der Waals surface area (Å²) < 4.78 is 0. The van der Waals surface area contributed by atoms with Crippen LogP contribution >= 0.6 is 0 Å². The van der Waals surface area contributed by atoms with Crippen LogP contribution < -0.4 is 0 Å². The summed E-state index contributed by atoms with van der Waals surface area (Å²) in [5, 5.41) is 11.0. The second-order valence-corrected chi connectivity index (χ2v) is 8.76. The van der Waals surface area contributed by atoms with Gasteiger partial charge in [0.2, 0.25) is 0 Å². The number of aromatic nitrogens is 2. The van der Waals surface area contributed by atoms with Crippen LogP contribution in [0.1, 0.15) is 64.1 Å². The Morgan fingerprint density at radius 1 is 1.00 bits per heavy atom. The standard InChI is InChI=1S/C21H27N3O/c1-19(2,3)15-12-14(13-16(17(15)25)20(4,5)6)21(8-7-9-24-21)18-22-10-11-23-18/h7-13,25H,1-6H3,(H,22,23). The number of aromatic hydroxyl groups is 1. The molecule has 0 bridgehead atoms. The van der Waals surface area contributed by atoms with Crippen molar-refractivity contribution in [3.05, 3.63) is 59.2 Å². The van der Waals surface area contributed by atoms with E-state index in [0.717, 1.165) is 22.5 Å². The Bertz CT molecular complexity index is 784. The smallest absolute Gasteiger partial charge is 0.161 e. The van der Waals surface area contributed by atoms with E-state index in [1.54, 1.807) is 6.20 Å². The van der Waals surface area contributed by atoms with Gasteiger partial charge in [-0.15, -0.1) is 0 Å². The van der Waals surface area contributed by atoms with E-state index in [0.29, 0.717) is 5.75 Å². The SMILES string of the molecule is CC(C)(C)c1cc(C2(c3ncc[nH]3)C=CC=N2)cc(C(C)(C)C)c1O. The molecule has 1 aromatic carbocycles. The van der Waals surface area contributed by atoms with Crippen LogP contribution in [-0.2, 0) is 16.4 Å². The summed E-state index contributed by atoms with van der Waals surface area (Å²) in [5.41, 5.74) is 1.83. The van der Waals surface area contributed by atoms with Crippen molar-refractivity contribution in [2.24, 2.45) is 4.99 Å². The number of nitrogens with one attached hydrogen (secondary N) is 1. The zero-order valence-corrected chi connectivity index (χ0v) is 15.9. The van der Waals surface area contributed by atoms with Crippen LogP contribution in [-0.4, -0.2) is 21.3 Å². The number of nitrogens with zero attached hydrogens (tertiary/aromatic N) is 2. The molecule has 0 radical (unpaired) electrons. The number of rotatable bonds is 2. The van der Waals surface area contributed by atoms with E-state index in [1.165, 1.54) is 0 Å². The Morgan fingerprint density at radius 3 is 2.00 bits per heavy atom. The van der Waals surface area contributed by atoms with Crippen molar-refractivity contribution in [2.75, 3.05) is 0 Å². The third-order valence-corrected chi connectivity index (χ3v) is 4.73. The molecule has 4 nitrogen and oxygen atoms in total. The number of allylic oxidation sites excluding steroid dienone is 1. The van der Waals surface area contributed by atoms with Crippen molar-refractivity contribution in [1.82, 2.24) is 9.97 Å². The van der Waals surface area contributed by atoms with Gasteiger partial charge in [0.1, 0.15) is 11.6 Å². The number of hydrogen-bond donors (Lipinski definition) is 2. The van der Waals surface area contributed by atoms with Gasteiger partial charge in [-0.3, -0.25) is 4.99 Å². The molecule has 2 aromatic rings. The molecule has 4 heteroatoms. The van der Waals surface area contributed by atoms with Crippen molar-refractivity contribution >= 4 is 6.21 Å². The second kappa shape index (κ2) is 5.58. The molecule has 1 aliphatic rings. The summed E-state index contributed by atoms with van der Waals surface area (Å²) >= 11 is 0. The summed E-state index contributed by atoms with van der Waals surface area (Å²) in [4.78, 5) is 12.4. The molecule has 1 unspecified atom stereocenters. The van der Waals surface area contributed by atoms with Gasteiger partial charge in [-0.25, -0.2) is 4.98 Å². The van der Waals surface area contributed by atoms with E-state index in [4.69, 9.17) is 4.99 Å². The molecule has 0 amide bonds. The summed E-state index contributed by atoms with van der Waals surface area (Å²) in [6.45, 7) is 12.7. The maximum Gasteiger partial charge on any atom is 0.161 e. The highest BCUT2D eigenvalue weighted by Gasteiger charge is 2.38. The van der Waals surface area contributed by atoms with E-state index in [9.17, 15) is 5.11 Å². The van der Waals surface area contributed by atoms with Crippen molar-refractivity contribution in [3.63, 3.8) is 0 Å². The predicted octanol–water partition coefficient (Wildman–Crippen LogP) is 4.59. The minimum absolute atomic E-state index is 0.184. The Hall–Kier alpha value is -2.36. The lowest BCUT2D eigenvalue weighted by molar-refractivity contribution is 0.421. The molecule has 1 aromatic heterocycles. The third-order valence-electron chi connectivity index (χ3n) is 4.73. The molecular formula is C21H27N3O. The molecule has 25 heavy (non-hydrogen) atoms. The molecule has 3 rings (SSSR count). The van der Waals surface area contributed by atoms with Gasteiger partial charge in [0.25, 0.3) is 0 Å². The topological polar surface area (TPSA) is 61.3 Å². The molecule has 0 fully saturated rings. The first-order valence-electron chi connectivity index (χ1n) is 8.67. The van der Waals surface area contributed by atoms with Crippen molar-refractivity contribution < 1.29 is 5.11 Å². The summed E-state index contributed by atoms with van der Waals surface area (Å²) in [5.74, 6) is 1.16. The van der Waals surface area contributed by atoms with Gasteiger partial charge in [-0.2, -0.15) is 0 Å². The third kappa shape index (κ3) is 2.90. The summed E-state index contributed by atoms with van der Waals surface area (Å²) in [6.07, 6.45) is 9.37. The first kappa shape index (κ1) is 17.5.